The minimum Gasteiger partial charge on any atom is -0.494 e. The number of fused-ring (bicyclic) bond motifs is 1. The number of hydrogen-bond donors (Lipinski definition) is 0. The van der Waals surface area contributed by atoms with Gasteiger partial charge in [0, 0.05) is 17.3 Å². The molecule has 0 N–H and O–H groups in total. The van der Waals surface area contributed by atoms with Crippen molar-refractivity contribution >= 4 is 23.4 Å². The molecule has 7 heteroatoms. The summed E-state index contributed by atoms with van der Waals surface area (Å²) >= 11 is 1.29. The average molecular weight is 410 g/mol. The van der Waals surface area contributed by atoms with Gasteiger partial charge in [0.15, 0.2) is 0 Å². The Morgan fingerprint density at radius 2 is 2.00 bits per heavy atom. The van der Waals surface area contributed by atoms with Crippen LogP contribution >= 0.6 is 11.8 Å². The van der Waals surface area contributed by atoms with Crippen molar-refractivity contribution in [1.82, 2.24) is 10.2 Å². The van der Waals surface area contributed by atoms with E-state index in [1.165, 1.54) is 17.3 Å². The SMILES string of the molecule is CCOc1ccc(-c2nnc(S[C@H](C)C(=O)N3c4ccccc4C[C@H]3C)o2)cc1. The first-order chi connectivity index (χ1) is 14.1. The number of carbonyl (C=O) groups excluding carboxylic acids is 1. The van der Waals surface area contributed by atoms with E-state index in [0.717, 1.165) is 23.4 Å². The minimum absolute atomic E-state index is 0.0493. The van der Waals surface area contributed by atoms with Crippen molar-refractivity contribution in [1.29, 1.82) is 0 Å². The maximum absolute atomic E-state index is 13.1. The quantitative estimate of drug-likeness (QED) is 0.555. The van der Waals surface area contributed by atoms with Gasteiger partial charge in [-0.15, -0.1) is 10.2 Å². The third-order valence-corrected chi connectivity index (χ3v) is 5.81. The highest BCUT2D eigenvalue weighted by Crippen LogP contribution is 2.35. The van der Waals surface area contributed by atoms with E-state index in [4.69, 9.17) is 9.15 Å². The Morgan fingerprint density at radius 1 is 1.24 bits per heavy atom. The number of para-hydroxylation sites is 1. The maximum Gasteiger partial charge on any atom is 0.277 e. The topological polar surface area (TPSA) is 68.5 Å². The summed E-state index contributed by atoms with van der Waals surface area (Å²) in [5.74, 6) is 1.27. The fraction of sp³-hybridized carbons (Fsp3) is 0.318. The molecule has 1 amide bonds. The van der Waals surface area contributed by atoms with E-state index in [1.54, 1.807) is 0 Å². The van der Waals surface area contributed by atoms with Gasteiger partial charge in [-0.05, 0) is 63.1 Å². The molecule has 0 unspecified atom stereocenters. The summed E-state index contributed by atoms with van der Waals surface area (Å²) in [7, 11) is 0. The van der Waals surface area contributed by atoms with E-state index in [9.17, 15) is 4.79 Å². The Kier molecular flexibility index (Phi) is 5.58. The van der Waals surface area contributed by atoms with Gasteiger partial charge in [0.2, 0.25) is 11.8 Å². The molecule has 0 saturated carbocycles. The van der Waals surface area contributed by atoms with Crippen molar-refractivity contribution in [3.63, 3.8) is 0 Å². The zero-order chi connectivity index (χ0) is 20.4. The van der Waals surface area contributed by atoms with Crippen molar-refractivity contribution < 1.29 is 13.9 Å². The van der Waals surface area contributed by atoms with E-state index >= 15 is 0 Å². The van der Waals surface area contributed by atoms with Gasteiger partial charge >= 0.3 is 0 Å². The van der Waals surface area contributed by atoms with Gasteiger partial charge < -0.3 is 14.1 Å². The van der Waals surface area contributed by atoms with Crippen LogP contribution in [0.1, 0.15) is 26.3 Å². The standard InChI is InChI=1S/C22H23N3O3S/c1-4-27-18-11-9-16(10-12-18)20-23-24-22(28-20)29-15(3)21(26)25-14(2)13-17-7-5-6-8-19(17)25/h5-12,14-15H,4,13H2,1-3H3/t14-,15-/m1/s1. The molecule has 2 aromatic carbocycles. The smallest absolute Gasteiger partial charge is 0.277 e. The molecule has 0 bridgehead atoms. The summed E-state index contributed by atoms with van der Waals surface area (Å²) in [4.78, 5) is 15.0. The van der Waals surface area contributed by atoms with E-state index in [-0.39, 0.29) is 17.2 Å². The van der Waals surface area contributed by atoms with E-state index in [1.807, 2.05) is 61.2 Å². The van der Waals surface area contributed by atoms with Crippen LogP contribution in [0.4, 0.5) is 5.69 Å². The third kappa shape index (κ3) is 4.00. The second-order valence-corrected chi connectivity index (χ2v) is 8.27. The Morgan fingerprint density at radius 3 is 2.76 bits per heavy atom. The molecular formula is C22H23N3O3S. The van der Waals surface area contributed by atoms with E-state index < -0.39 is 0 Å². The number of nitrogens with zero attached hydrogens (tertiary/aromatic N) is 3. The number of thioether (sulfide) groups is 1. The summed E-state index contributed by atoms with van der Waals surface area (Å²) in [6.07, 6.45) is 0.877. The Hall–Kier alpha value is -2.80. The molecule has 0 spiro atoms. The Balaban J connectivity index is 1.45. The van der Waals surface area contributed by atoms with Crippen molar-refractivity contribution in [2.75, 3.05) is 11.5 Å². The lowest BCUT2D eigenvalue weighted by atomic mass is 10.1. The van der Waals surface area contributed by atoms with Gasteiger partial charge in [0.25, 0.3) is 5.22 Å². The van der Waals surface area contributed by atoms with E-state index in [0.29, 0.717) is 17.7 Å². The second kappa shape index (κ2) is 8.29. The van der Waals surface area contributed by atoms with Crippen LogP contribution in [0.5, 0.6) is 5.75 Å². The number of amides is 1. The van der Waals surface area contributed by atoms with Gasteiger partial charge in [-0.25, -0.2) is 0 Å². The number of aromatic nitrogens is 2. The van der Waals surface area contributed by atoms with Crippen LogP contribution in [-0.2, 0) is 11.2 Å². The Bertz CT molecular complexity index is 1000. The van der Waals surface area contributed by atoms with Crippen LogP contribution in [0.3, 0.4) is 0 Å². The van der Waals surface area contributed by atoms with Gasteiger partial charge in [-0.2, -0.15) is 0 Å². The molecule has 1 aliphatic heterocycles. The summed E-state index contributed by atoms with van der Waals surface area (Å²) in [5.41, 5.74) is 3.02. The first-order valence-electron chi connectivity index (χ1n) is 9.71. The molecule has 0 fully saturated rings. The summed E-state index contributed by atoms with van der Waals surface area (Å²) in [5, 5.41) is 8.28. The van der Waals surface area contributed by atoms with Crippen LogP contribution in [0, 0.1) is 0 Å². The van der Waals surface area contributed by atoms with Crippen LogP contribution in [0.2, 0.25) is 0 Å². The van der Waals surface area contributed by atoms with Crippen LogP contribution in [0.15, 0.2) is 58.2 Å². The molecule has 0 radical (unpaired) electrons. The average Bonchev–Trinajstić information content (AvgIpc) is 3.31. The number of benzene rings is 2. The number of hydrogen-bond acceptors (Lipinski definition) is 6. The predicted octanol–water partition coefficient (Wildman–Crippen LogP) is 4.59. The van der Waals surface area contributed by atoms with Gasteiger partial charge in [-0.1, -0.05) is 30.0 Å². The lowest BCUT2D eigenvalue weighted by Crippen LogP contribution is -2.40. The minimum atomic E-state index is -0.336. The van der Waals surface area contributed by atoms with Crippen molar-refractivity contribution in [2.24, 2.45) is 0 Å². The van der Waals surface area contributed by atoms with Crippen LogP contribution in [-0.4, -0.2) is 34.0 Å². The molecule has 1 aliphatic rings. The fourth-order valence-electron chi connectivity index (χ4n) is 3.53. The summed E-state index contributed by atoms with van der Waals surface area (Å²) < 4.78 is 11.2. The first-order valence-corrected chi connectivity index (χ1v) is 10.6. The summed E-state index contributed by atoms with van der Waals surface area (Å²) in [6, 6.07) is 15.7. The first kappa shape index (κ1) is 19.5. The number of carbonyl (C=O) groups is 1. The number of rotatable bonds is 6. The molecule has 2 heterocycles. The normalized spacial score (nSPS) is 16.5. The van der Waals surface area contributed by atoms with Crippen LogP contribution < -0.4 is 9.64 Å². The molecule has 3 aromatic rings. The summed E-state index contributed by atoms with van der Waals surface area (Å²) in [6.45, 7) is 6.51. The van der Waals surface area contributed by atoms with Crippen molar-refractivity contribution in [2.45, 2.75) is 43.7 Å². The molecule has 4 rings (SSSR count). The number of ether oxygens (including phenoxy) is 1. The molecule has 2 atom stereocenters. The molecule has 1 aromatic heterocycles. The second-order valence-electron chi connectivity index (χ2n) is 6.98. The zero-order valence-electron chi connectivity index (χ0n) is 16.7. The molecule has 150 valence electrons. The monoisotopic (exact) mass is 409 g/mol. The number of anilines is 1. The zero-order valence-corrected chi connectivity index (χ0v) is 17.5. The third-order valence-electron chi connectivity index (χ3n) is 4.89. The van der Waals surface area contributed by atoms with Gasteiger partial charge in [0.1, 0.15) is 5.75 Å². The lowest BCUT2D eigenvalue weighted by Gasteiger charge is -2.25. The predicted molar refractivity (Wildman–Crippen MR) is 113 cm³/mol. The maximum atomic E-state index is 13.1. The highest BCUT2D eigenvalue weighted by Gasteiger charge is 2.34. The Labute approximate surface area is 174 Å². The van der Waals surface area contributed by atoms with Gasteiger partial charge in [0.05, 0.1) is 11.9 Å². The van der Waals surface area contributed by atoms with E-state index in [2.05, 4.69) is 23.2 Å². The largest absolute Gasteiger partial charge is 0.494 e. The molecule has 0 aliphatic carbocycles. The lowest BCUT2D eigenvalue weighted by molar-refractivity contribution is -0.118. The molecular weight excluding hydrogens is 386 g/mol. The highest BCUT2D eigenvalue weighted by atomic mass is 32.2. The van der Waals surface area contributed by atoms with Crippen LogP contribution in [0.25, 0.3) is 11.5 Å². The van der Waals surface area contributed by atoms with Crippen molar-refractivity contribution in [3.8, 4) is 17.2 Å². The molecule has 6 nitrogen and oxygen atoms in total. The van der Waals surface area contributed by atoms with Crippen molar-refractivity contribution in [3.05, 3.63) is 54.1 Å². The van der Waals surface area contributed by atoms with Gasteiger partial charge in [-0.3, -0.25) is 4.79 Å². The molecule has 0 saturated heterocycles. The molecule has 29 heavy (non-hydrogen) atoms. The fourth-order valence-corrected chi connectivity index (χ4v) is 4.27. The highest BCUT2D eigenvalue weighted by molar-refractivity contribution is 8.00.